The maximum Gasteiger partial charge on any atom is 0.257 e. The number of halogens is 1. The molecule has 0 saturated heterocycles. The first-order valence-electron chi connectivity index (χ1n) is 7.41. The molecule has 3 rings (SSSR count). The Morgan fingerprint density at radius 1 is 1.35 bits per heavy atom. The second kappa shape index (κ2) is 6.76. The fourth-order valence-corrected chi connectivity index (χ4v) is 3.63. The number of H-pyrrole nitrogens is 1. The molecule has 0 spiro atoms. The van der Waals surface area contributed by atoms with Crippen LogP contribution >= 0.6 is 23.4 Å². The fraction of sp³-hybridized carbons (Fsp3) is 0.312. The van der Waals surface area contributed by atoms with Gasteiger partial charge >= 0.3 is 0 Å². The summed E-state index contributed by atoms with van der Waals surface area (Å²) < 4.78 is 0. The van der Waals surface area contributed by atoms with Gasteiger partial charge in [0.05, 0.1) is 5.56 Å². The molecule has 1 unspecified atom stereocenters. The lowest BCUT2D eigenvalue weighted by Gasteiger charge is -2.25. The van der Waals surface area contributed by atoms with Crippen molar-refractivity contribution < 1.29 is 4.79 Å². The molecule has 2 aromatic rings. The van der Waals surface area contributed by atoms with Gasteiger partial charge in [-0.1, -0.05) is 48.5 Å². The van der Waals surface area contributed by atoms with E-state index < -0.39 is 0 Å². The van der Waals surface area contributed by atoms with Crippen LogP contribution in [0.1, 0.15) is 36.8 Å². The Labute approximate surface area is 142 Å². The van der Waals surface area contributed by atoms with E-state index in [1.54, 1.807) is 6.07 Å². The van der Waals surface area contributed by atoms with Crippen molar-refractivity contribution in [1.82, 2.24) is 9.97 Å². The van der Waals surface area contributed by atoms with E-state index in [1.807, 2.05) is 18.2 Å². The lowest BCUT2D eigenvalue weighted by atomic mass is 9.87. The molecule has 0 aliphatic carbocycles. The van der Waals surface area contributed by atoms with Crippen molar-refractivity contribution in [2.45, 2.75) is 30.8 Å². The number of amides is 1. The van der Waals surface area contributed by atoms with Crippen molar-refractivity contribution in [3.05, 3.63) is 50.8 Å². The Bertz CT molecular complexity index is 806. The minimum absolute atomic E-state index is 0.160. The van der Waals surface area contributed by atoms with Gasteiger partial charge < -0.3 is 10.3 Å². The molecule has 7 heteroatoms. The largest absolute Gasteiger partial charge is 0.310 e. The van der Waals surface area contributed by atoms with Crippen LogP contribution in [0.2, 0.25) is 5.02 Å². The number of hydrogen-bond acceptors (Lipinski definition) is 4. The van der Waals surface area contributed by atoms with E-state index in [1.165, 1.54) is 11.8 Å². The number of carbonyl (C=O) groups is 1. The van der Waals surface area contributed by atoms with Crippen LogP contribution in [0.15, 0.2) is 34.2 Å². The van der Waals surface area contributed by atoms with Crippen molar-refractivity contribution in [2.75, 3.05) is 11.1 Å². The van der Waals surface area contributed by atoms with Crippen LogP contribution < -0.4 is 10.9 Å². The first-order valence-corrected chi connectivity index (χ1v) is 8.77. The highest BCUT2D eigenvalue weighted by atomic mass is 35.5. The Morgan fingerprint density at radius 2 is 2.13 bits per heavy atom. The average Bonchev–Trinajstić information content (AvgIpc) is 2.52. The Hall–Kier alpha value is -1.79. The number of nitrogens with zero attached hydrogens (tertiary/aromatic N) is 1. The highest BCUT2D eigenvalue weighted by Gasteiger charge is 2.31. The zero-order chi connectivity index (χ0) is 16.4. The van der Waals surface area contributed by atoms with Crippen molar-refractivity contribution in [3.63, 3.8) is 0 Å². The summed E-state index contributed by atoms with van der Waals surface area (Å²) in [6.07, 6.45) is 1.16. The summed E-state index contributed by atoms with van der Waals surface area (Å²) in [5, 5.41) is 3.78. The predicted molar refractivity (Wildman–Crippen MR) is 92.4 cm³/mol. The molecule has 1 atom stereocenters. The molecule has 120 valence electrons. The van der Waals surface area contributed by atoms with Crippen molar-refractivity contribution in [2.24, 2.45) is 0 Å². The van der Waals surface area contributed by atoms with Crippen molar-refractivity contribution >= 4 is 35.1 Å². The Morgan fingerprint density at radius 3 is 2.87 bits per heavy atom. The molecule has 0 bridgehead atoms. The summed E-state index contributed by atoms with van der Waals surface area (Å²) in [6, 6.07) is 7.27. The molecule has 0 radical (unpaired) electrons. The van der Waals surface area contributed by atoms with Crippen LogP contribution in [0, 0.1) is 0 Å². The first kappa shape index (κ1) is 16.1. The third kappa shape index (κ3) is 3.28. The molecular formula is C16H16ClN3O2S. The lowest BCUT2D eigenvalue weighted by molar-refractivity contribution is -0.116. The highest BCUT2D eigenvalue weighted by molar-refractivity contribution is 7.99. The van der Waals surface area contributed by atoms with Gasteiger partial charge in [-0.2, -0.15) is 0 Å². The van der Waals surface area contributed by atoms with Gasteiger partial charge in [-0.3, -0.25) is 9.59 Å². The van der Waals surface area contributed by atoms with Crippen LogP contribution in [-0.2, 0) is 4.79 Å². The van der Waals surface area contributed by atoms with E-state index in [9.17, 15) is 9.59 Å². The summed E-state index contributed by atoms with van der Waals surface area (Å²) in [6.45, 7) is 2.05. The van der Waals surface area contributed by atoms with Crippen LogP contribution in [0.4, 0.5) is 5.82 Å². The highest BCUT2D eigenvalue weighted by Crippen LogP contribution is 2.37. The molecule has 1 aromatic heterocycles. The number of carbonyl (C=O) groups excluding carboxylic acids is 1. The minimum Gasteiger partial charge on any atom is -0.310 e. The van der Waals surface area contributed by atoms with E-state index >= 15 is 0 Å². The number of thioether (sulfide) groups is 1. The lowest BCUT2D eigenvalue weighted by Crippen LogP contribution is -2.31. The molecule has 1 amide bonds. The maximum atomic E-state index is 12.5. The molecule has 2 heterocycles. The molecule has 1 aliphatic heterocycles. The molecule has 5 nitrogen and oxygen atoms in total. The number of aromatic amines is 1. The number of benzene rings is 1. The number of fused-ring (bicyclic) bond motifs is 1. The molecule has 0 fully saturated rings. The zero-order valence-corrected chi connectivity index (χ0v) is 14.1. The van der Waals surface area contributed by atoms with Crippen molar-refractivity contribution in [3.8, 4) is 0 Å². The number of hydrogen-bond donors (Lipinski definition) is 2. The standard InChI is InChI=1S/C16H16ClN3O2S/c1-2-7-23-16-19-14-13(15(22)20-16)10(8-12(21)18-14)9-5-3-4-6-11(9)17/h3-6,10H,2,7-8H2,1H3,(H2,18,19,20,21,22). The Balaban J connectivity index is 2.09. The third-order valence-electron chi connectivity index (χ3n) is 3.65. The van der Waals surface area contributed by atoms with Crippen LogP contribution in [0.5, 0.6) is 0 Å². The van der Waals surface area contributed by atoms with Crippen LogP contribution in [0.3, 0.4) is 0 Å². The van der Waals surface area contributed by atoms with Gasteiger partial charge in [-0.05, 0) is 18.1 Å². The van der Waals surface area contributed by atoms with Gasteiger partial charge in [0, 0.05) is 23.1 Å². The Kier molecular flexibility index (Phi) is 4.73. The van der Waals surface area contributed by atoms with Gasteiger partial charge in [0.15, 0.2) is 5.16 Å². The summed E-state index contributed by atoms with van der Waals surface area (Å²) in [5.74, 6) is 0.651. The monoisotopic (exact) mass is 349 g/mol. The van der Waals surface area contributed by atoms with E-state index in [0.717, 1.165) is 17.7 Å². The number of rotatable bonds is 4. The maximum absolute atomic E-state index is 12.5. The number of aromatic nitrogens is 2. The second-order valence-electron chi connectivity index (χ2n) is 5.31. The second-order valence-corrected chi connectivity index (χ2v) is 6.80. The molecule has 1 aromatic carbocycles. The van der Waals surface area contributed by atoms with Gasteiger partial charge in [-0.15, -0.1) is 0 Å². The quantitative estimate of drug-likeness (QED) is 0.655. The summed E-state index contributed by atoms with van der Waals surface area (Å²) >= 11 is 7.72. The number of nitrogens with one attached hydrogen (secondary N) is 2. The number of anilines is 1. The van der Waals surface area contributed by atoms with Gasteiger partial charge in [0.1, 0.15) is 5.82 Å². The summed E-state index contributed by atoms with van der Waals surface area (Å²) in [5.41, 5.74) is 1.02. The normalized spacial score (nSPS) is 16.8. The van der Waals surface area contributed by atoms with Crippen LogP contribution in [-0.4, -0.2) is 21.6 Å². The first-order chi connectivity index (χ1) is 11.1. The average molecular weight is 350 g/mol. The smallest absolute Gasteiger partial charge is 0.257 e. The van der Waals surface area contributed by atoms with Gasteiger partial charge in [0.2, 0.25) is 5.91 Å². The van der Waals surface area contributed by atoms with E-state index in [-0.39, 0.29) is 23.8 Å². The summed E-state index contributed by atoms with van der Waals surface area (Å²) in [4.78, 5) is 31.8. The molecule has 2 N–H and O–H groups in total. The van der Waals surface area contributed by atoms with E-state index in [2.05, 4.69) is 22.2 Å². The van der Waals surface area contributed by atoms with Gasteiger partial charge in [-0.25, -0.2) is 4.98 Å². The molecule has 23 heavy (non-hydrogen) atoms. The van der Waals surface area contributed by atoms with Crippen molar-refractivity contribution in [1.29, 1.82) is 0 Å². The summed E-state index contributed by atoms with van der Waals surface area (Å²) in [7, 11) is 0. The zero-order valence-electron chi connectivity index (χ0n) is 12.6. The SMILES string of the molecule is CCCSc1nc2c(c(=O)[nH]1)C(c1ccccc1Cl)CC(=O)N2. The third-order valence-corrected chi connectivity index (χ3v) is 5.08. The topological polar surface area (TPSA) is 74.8 Å². The van der Waals surface area contributed by atoms with Crippen LogP contribution in [0.25, 0.3) is 0 Å². The van der Waals surface area contributed by atoms with E-state index in [4.69, 9.17) is 11.6 Å². The van der Waals surface area contributed by atoms with E-state index in [0.29, 0.717) is 21.6 Å². The molecular weight excluding hydrogens is 334 g/mol. The molecule has 0 saturated carbocycles. The molecule has 1 aliphatic rings. The van der Waals surface area contributed by atoms with Gasteiger partial charge in [0.25, 0.3) is 5.56 Å². The fourth-order valence-electron chi connectivity index (χ4n) is 2.64. The predicted octanol–water partition coefficient (Wildman–Crippen LogP) is 3.40. The minimum atomic E-state index is -0.381.